The SMILES string of the molecule is COc1cc(N)c2ncc(C#N)c(Nc3ccc(OC)c(O)c3)c2c1. The minimum absolute atomic E-state index is 0.0125. The zero-order valence-electron chi connectivity index (χ0n) is 13.7. The third kappa shape index (κ3) is 2.93. The normalized spacial score (nSPS) is 10.3. The van der Waals surface area contributed by atoms with E-state index in [0.29, 0.717) is 45.0 Å². The van der Waals surface area contributed by atoms with E-state index in [2.05, 4.69) is 16.4 Å². The average Bonchev–Trinajstić information content (AvgIpc) is 2.62. The van der Waals surface area contributed by atoms with Gasteiger partial charge in [0, 0.05) is 29.4 Å². The van der Waals surface area contributed by atoms with Crippen LogP contribution in [-0.4, -0.2) is 24.3 Å². The van der Waals surface area contributed by atoms with Gasteiger partial charge in [-0.15, -0.1) is 0 Å². The fourth-order valence-electron chi connectivity index (χ4n) is 2.55. The van der Waals surface area contributed by atoms with Gasteiger partial charge >= 0.3 is 0 Å². The lowest BCUT2D eigenvalue weighted by Crippen LogP contribution is -2.00. The van der Waals surface area contributed by atoms with E-state index in [1.165, 1.54) is 26.5 Å². The first-order chi connectivity index (χ1) is 12.1. The van der Waals surface area contributed by atoms with Crippen LogP contribution in [-0.2, 0) is 0 Å². The van der Waals surface area contributed by atoms with Crippen LogP contribution in [0.5, 0.6) is 17.2 Å². The van der Waals surface area contributed by atoms with Crippen LogP contribution in [0.2, 0.25) is 0 Å². The van der Waals surface area contributed by atoms with Crippen LogP contribution in [0.1, 0.15) is 5.56 Å². The molecule has 0 aliphatic carbocycles. The number of nitrogens with two attached hydrogens (primary N) is 1. The van der Waals surface area contributed by atoms with Crippen molar-refractivity contribution < 1.29 is 14.6 Å². The van der Waals surface area contributed by atoms with Crippen molar-refractivity contribution in [1.82, 2.24) is 4.98 Å². The standard InChI is InChI=1S/C18H16N4O3/c1-24-12-6-13-17(10(8-19)9-21-18(13)14(20)7-12)22-11-3-4-16(25-2)15(23)5-11/h3-7,9,23H,20H2,1-2H3,(H,21,22). The van der Waals surface area contributed by atoms with Crippen LogP contribution in [0.25, 0.3) is 10.9 Å². The summed E-state index contributed by atoms with van der Waals surface area (Å²) in [5.74, 6) is 0.903. The van der Waals surface area contributed by atoms with Gasteiger partial charge in [-0.2, -0.15) is 5.26 Å². The van der Waals surface area contributed by atoms with E-state index in [1.54, 1.807) is 24.3 Å². The van der Waals surface area contributed by atoms with Crippen molar-refractivity contribution >= 4 is 28.0 Å². The van der Waals surface area contributed by atoms with Crippen molar-refractivity contribution in [3.63, 3.8) is 0 Å². The number of aromatic hydroxyl groups is 1. The maximum absolute atomic E-state index is 9.95. The molecule has 0 spiro atoms. The molecule has 1 heterocycles. The van der Waals surface area contributed by atoms with Crippen LogP contribution >= 0.6 is 0 Å². The Balaban J connectivity index is 2.18. The summed E-state index contributed by atoms with van der Waals surface area (Å²) in [4.78, 5) is 4.26. The van der Waals surface area contributed by atoms with Crippen LogP contribution in [0, 0.1) is 11.3 Å². The molecule has 0 unspecified atom stereocenters. The van der Waals surface area contributed by atoms with Gasteiger partial charge in [-0.25, -0.2) is 0 Å². The highest BCUT2D eigenvalue weighted by molar-refractivity contribution is 6.02. The van der Waals surface area contributed by atoms with Gasteiger partial charge in [-0.3, -0.25) is 4.98 Å². The summed E-state index contributed by atoms with van der Waals surface area (Å²) in [5, 5.41) is 23.2. The molecule has 0 saturated carbocycles. The quantitative estimate of drug-likeness (QED) is 0.627. The Morgan fingerprint density at radius 1 is 1.20 bits per heavy atom. The number of benzene rings is 2. The molecular weight excluding hydrogens is 320 g/mol. The van der Waals surface area contributed by atoms with E-state index in [4.69, 9.17) is 15.2 Å². The number of nitrogens with one attached hydrogen (secondary N) is 1. The van der Waals surface area contributed by atoms with E-state index in [9.17, 15) is 10.4 Å². The number of aromatic nitrogens is 1. The summed E-state index contributed by atoms with van der Waals surface area (Å²) in [6.45, 7) is 0. The van der Waals surface area contributed by atoms with Crippen molar-refractivity contribution in [2.75, 3.05) is 25.3 Å². The van der Waals surface area contributed by atoms with Crippen molar-refractivity contribution in [3.8, 4) is 23.3 Å². The Morgan fingerprint density at radius 3 is 2.64 bits per heavy atom. The summed E-state index contributed by atoms with van der Waals surface area (Å²) >= 11 is 0. The Bertz CT molecular complexity index is 996. The predicted molar refractivity (Wildman–Crippen MR) is 95.4 cm³/mol. The van der Waals surface area contributed by atoms with E-state index in [0.717, 1.165) is 0 Å². The second-order valence-corrected chi connectivity index (χ2v) is 5.28. The lowest BCUT2D eigenvalue weighted by Gasteiger charge is -2.14. The molecule has 3 aromatic rings. The van der Waals surface area contributed by atoms with Gasteiger partial charge in [0.15, 0.2) is 11.5 Å². The molecule has 0 saturated heterocycles. The summed E-state index contributed by atoms with van der Waals surface area (Å²) < 4.78 is 10.3. The smallest absolute Gasteiger partial charge is 0.160 e. The molecule has 0 atom stereocenters. The van der Waals surface area contributed by atoms with Crippen LogP contribution in [0.4, 0.5) is 17.1 Å². The van der Waals surface area contributed by atoms with Crippen LogP contribution in [0.15, 0.2) is 36.5 Å². The summed E-state index contributed by atoms with van der Waals surface area (Å²) in [6.07, 6.45) is 1.46. The second-order valence-electron chi connectivity index (χ2n) is 5.28. The Hall–Kier alpha value is -3.66. The maximum atomic E-state index is 9.95. The molecule has 0 bridgehead atoms. The zero-order chi connectivity index (χ0) is 18.0. The third-order valence-electron chi connectivity index (χ3n) is 3.78. The number of nitrogens with zero attached hydrogens (tertiary/aromatic N) is 2. The molecule has 4 N–H and O–H groups in total. The first kappa shape index (κ1) is 16.2. The largest absolute Gasteiger partial charge is 0.504 e. The zero-order valence-corrected chi connectivity index (χ0v) is 13.7. The minimum atomic E-state index is -0.0125. The number of fused-ring (bicyclic) bond motifs is 1. The second kappa shape index (κ2) is 6.45. The van der Waals surface area contributed by atoms with E-state index in [1.807, 2.05) is 0 Å². The molecule has 0 amide bonds. The highest BCUT2D eigenvalue weighted by Gasteiger charge is 2.14. The van der Waals surface area contributed by atoms with Gasteiger partial charge in [-0.05, 0) is 18.2 Å². The predicted octanol–water partition coefficient (Wildman–Crippen LogP) is 3.16. The molecule has 0 radical (unpaired) electrons. The van der Waals surface area contributed by atoms with Crippen molar-refractivity contribution in [1.29, 1.82) is 5.26 Å². The first-order valence-electron chi connectivity index (χ1n) is 7.37. The molecule has 0 aliphatic heterocycles. The monoisotopic (exact) mass is 336 g/mol. The molecule has 0 fully saturated rings. The number of methoxy groups -OCH3 is 2. The highest BCUT2D eigenvalue weighted by Crippen LogP contribution is 2.36. The fourth-order valence-corrected chi connectivity index (χ4v) is 2.55. The lowest BCUT2D eigenvalue weighted by molar-refractivity contribution is 0.373. The molecule has 7 heteroatoms. The fraction of sp³-hybridized carbons (Fsp3) is 0.111. The van der Waals surface area contributed by atoms with Crippen LogP contribution < -0.4 is 20.5 Å². The number of ether oxygens (including phenoxy) is 2. The number of hydrogen-bond donors (Lipinski definition) is 3. The van der Waals surface area contributed by atoms with Crippen molar-refractivity contribution in [2.24, 2.45) is 0 Å². The Kier molecular flexibility index (Phi) is 4.18. The van der Waals surface area contributed by atoms with Gasteiger partial charge < -0.3 is 25.6 Å². The number of nitrogen functional groups attached to an aromatic ring is 1. The van der Waals surface area contributed by atoms with Crippen molar-refractivity contribution in [3.05, 3.63) is 42.1 Å². The van der Waals surface area contributed by atoms with Gasteiger partial charge in [0.2, 0.25) is 0 Å². The summed E-state index contributed by atoms with van der Waals surface area (Å²) in [5.41, 5.74) is 8.50. The molecular formula is C18H16N4O3. The first-order valence-corrected chi connectivity index (χ1v) is 7.37. The molecule has 1 aromatic heterocycles. The summed E-state index contributed by atoms with van der Waals surface area (Å²) in [6, 6.07) is 10.4. The number of hydrogen-bond acceptors (Lipinski definition) is 7. The Morgan fingerprint density at radius 2 is 2.00 bits per heavy atom. The van der Waals surface area contributed by atoms with Gasteiger partial charge in [0.1, 0.15) is 11.8 Å². The number of rotatable bonds is 4. The molecule has 126 valence electrons. The van der Waals surface area contributed by atoms with Crippen LogP contribution in [0.3, 0.4) is 0 Å². The number of nitriles is 1. The summed E-state index contributed by atoms with van der Waals surface area (Å²) in [7, 11) is 3.01. The van der Waals surface area contributed by atoms with Gasteiger partial charge in [-0.1, -0.05) is 0 Å². The van der Waals surface area contributed by atoms with E-state index >= 15 is 0 Å². The Labute approximate surface area is 144 Å². The molecule has 2 aromatic carbocycles. The van der Waals surface area contributed by atoms with E-state index in [-0.39, 0.29) is 5.75 Å². The molecule has 7 nitrogen and oxygen atoms in total. The topological polar surface area (TPSA) is 113 Å². The molecule has 3 rings (SSSR count). The lowest BCUT2D eigenvalue weighted by atomic mass is 10.1. The average molecular weight is 336 g/mol. The van der Waals surface area contributed by atoms with Gasteiger partial charge in [0.25, 0.3) is 0 Å². The molecule has 25 heavy (non-hydrogen) atoms. The molecule has 0 aliphatic rings. The highest BCUT2D eigenvalue weighted by atomic mass is 16.5. The minimum Gasteiger partial charge on any atom is -0.504 e. The maximum Gasteiger partial charge on any atom is 0.160 e. The van der Waals surface area contributed by atoms with Gasteiger partial charge in [0.05, 0.1) is 36.7 Å². The number of phenolic OH excluding ortho intramolecular Hbond substituents is 1. The third-order valence-corrected chi connectivity index (χ3v) is 3.78. The number of pyridine rings is 1. The van der Waals surface area contributed by atoms with E-state index < -0.39 is 0 Å². The van der Waals surface area contributed by atoms with Crippen molar-refractivity contribution in [2.45, 2.75) is 0 Å². The number of anilines is 3. The number of phenols is 1.